The Labute approximate surface area is 172 Å². The van der Waals surface area contributed by atoms with Gasteiger partial charge in [0.1, 0.15) is 17.4 Å². The molecule has 0 N–H and O–H groups in total. The summed E-state index contributed by atoms with van der Waals surface area (Å²) >= 11 is 12.3. The first-order chi connectivity index (χ1) is 13.5. The monoisotopic (exact) mass is 418 g/mol. The molecule has 1 unspecified atom stereocenters. The molecule has 0 fully saturated rings. The molecule has 1 heterocycles. The van der Waals surface area contributed by atoms with Crippen molar-refractivity contribution in [3.05, 3.63) is 88.3 Å². The summed E-state index contributed by atoms with van der Waals surface area (Å²) < 4.78 is 20.0. The van der Waals surface area contributed by atoms with Crippen LogP contribution in [0.2, 0.25) is 10.0 Å². The molecule has 28 heavy (non-hydrogen) atoms. The minimum absolute atomic E-state index is 0.0857. The molecule has 1 amide bonds. The molecule has 0 saturated heterocycles. The van der Waals surface area contributed by atoms with E-state index in [0.717, 1.165) is 0 Å². The number of nitrogens with zero attached hydrogens (tertiary/aromatic N) is 2. The maximum atomic E-state index is 14.3. The SMILES string of the molecule is CC(Oc1ccccc1Cl)C(=O)N(Cc1c(F)cccc1Cl)c1ccccn1. The highest BCUT2D eigenvalue weighted by molar-refractivity contribution is 6.32. The molecule has 7 heteroatoms. The van der Waals surface area contributed by atoms with Crippen LogP contribution in [0.1, 0.15) is 12.5 Å². The Morgan fingerprint density at radius 2 is 1.79 bits per heavy atom. The number of halogens is 3. The van der Waals surface area contributed by atoms with Gasteiger partial charge in [-0.2, -0.15) is 0 Å². The van der Waals surface area contributed by atoms with Gasteiger partial charge in [-0.15, -0.1) is 0 Å². The molecule has 0 spiro atoms. The number of amides is 1. The molecule has 0 aliphatic heterocycles. The summed E-state index contributed by atoms with van der Waals surface area (Å²) in [5, 5.41) is 0.622. The second kappa shape index (κ2) is 9.04. The molecule has 144 valence electrons. The number of hydrogen-bond donors (Lipinski definition) is 0. The van der Waals surface area contributed by atoms with Gasteiger partial charge in [-0.1, -0.05) is 47.5 Å². The third-order valence-electron chi connectivity index (χ3n) is 4.06. The van der Waals surface area contributed by atoms with E-state index >= 15 is 0 Å². The number of para-hydroxylation sites is 1. The van der Waals surface area contributed by atoms with Crippen LogP contribution in [0.3, 0.4) is 0 Å². The smallest absolute Gasteiger partial charge is 0.269 e. The van der Waals surface area contributed by atoms with Gasteiger partial charge in [0.05, 0.1) is 11.6 Å². The van der Waals surface area contributed by atoms with Gasteiger partial charge in [0.15, 0.2) is 6.10 Å². The van der Waals surface area contributed by atoms with E-state index in [1.54, 1.807) is 61.7 Å². The van der Waals surface area contributed by atoms with Crippen LogP contribution in [0.15, 0.2) is 66.9 Å². The van der Waals surface area contributed by atoms with Crippen molar-refractivity contribution in [2.24, 2.45) is 0 Å². The van der Waals surface area contributed by atoms with E-state index in [0.29, 0.717) is 16.6 Å². The van der Waals surface area contributed by atoms with Crippen molar-refractivity contribution in [2.45, 2.75) is 19.6 Å². The number of hydrogen-bond acceptors (Lipinski definition) is 3. The normalized spacial score (nSPS) is 11.7. The van der Waals surface area contributed by atoms with Crippen LogP contribution in [0, 0.1) is 5.82 Å². The van der Waals surface area contributed by atoms with Gasteiger partial charge in [-0.3, -0.25) is 9.69 Å². The van der Waals surface area contributed by atoms with Gasteiger partial charge in [0.2, 0.25) is 0 Å². The van der Waals surface area contributed by atoms with Crippen LogP contribution in [0.25, 0.3) is 0 Å². The number of carbonyl (C=O) groups is 1. The van der Waals surface area contributed by atoms with Crippen molar-refractivity contribution in [3.8, 4) is 5.75 Å². The zero-order valence-electron chi connectivity index (χ0n) is 15.0. The fraction of sp³-hybridized carbons (Fsp3) is 0.143. The third-order valence-corrected chi connectivity index (χ3v) is 4.72. The molecule has 0 saturated carbocycles. The largest absolute Gasteiger partial charge is 0.479 e. The fourth-order valence-corrected chi connectivity index (χ4v) is 3.03. The van der Waals surface area contributed by atoms with Gasteiger partial charge in [-0.05, 0) is 43.3 Å². The number of benzene rings is 2. The minimum Gasteiger partial charge on any atom is -0.479 e. The number of anilines is 1. The predicted octanol–water partition coefficient (Wildman–Crippen LogP) is 5.53. The number of carbonyl (C=O) groups excluding carboxylic acids is 1. The zero-order valence-corrected chi connectivity index (χ0v) is 16.5. The van der Waals surface area contributed by atoms with Gasteiger partial charge in [0.25, 0.3) is 5.91 Å². The Balaban J connectivity index is 1.90. The summed E-state index contributed by atoms with van der Waals surface area (Å²) in [6.45, 7) is 1.52. The van der Waals surface area contributed by atoms with Crippen molar-refractivity contribution in [1.82, 2.24) is 4.98 Å². The molecule has 0 aliphatic rings. The fourth-order valence-electron chi connectivity index (χ4n) is 2.63. The van der Waals surface area contributed by atoms with Crippen LogP contribution < -0.4 is 9.64 Å². The number of rotatable bonds is 6. The first-order valence-electron chi connectivity index (χ1n) is 8.54. The minimum atomic E-state index is -0.882. The molecule has 2 aromatic carbocycles. The van der Waals surface area contributed by atoms with Gasteiger partial charge < -0.3 is 4.74 Å². The Morgan fingerprint density at radius 3 is 2.46 bits per heavy atom. The van der Waals surface area contributed by atoms with E-state index in [1.807, 2.05) is 0 Å². The molecular formula is C21H17Cl2FN2O2. The Hall–Kier alpha value is -2.63. The number of pyridine rings is 1. The van der Waals surface area contributed by atoms with Gasteiger partial charge in [0, 0.05) is 16.8 Å². The molecule has 0 aliphatic carbocycles. The molecule has 3 aromatic rings. The summed E-state index contributed by atoms with van der Waals surface area (Å²) in [7, 11) is 0. The Kier molecular flexibility index (Phi) is 6.49. The van der Waals surface area contributed by atoms with Crippen LogP contribution in [-0.2, 0) is 11.3 Å². The number of aromatic nitrogens is 1. The van der Waals surface area contributed by atoms with E-state index in [1.165, 1.54) is 17.0 Å². The van der Waals surface area contributed by atoms with Gasteiger partial charge in [-0.25, -0.2) is 9.37 Å². The van der Waals surface area contributed by atoms with Crippen molar-refractivity contribution in [2.75, 3.05) is 4.90 Å². The first-order valence-corrected chi connectivity index (χ1v) is 9.29. The average molecular weight is 419 g/mol. The lowest BCUT2D eigenvalue weighted by molar-refractivity contribution is -0.124. The maximum absolute atomic E-state index is 14.3. The number of ether oxygens (including phenoxy) is 1. The highest BCUT2D eigenvalue weighted by Crippen LogP contribution is 2.27. The lowest BCUT2D eigenvalue weighted by Gasteiger charge is -2.26. The van der Waals surface area contributed by atoms with E-state index < -0.39 is 17.8 Å². The van der Waals surface area contributed by atoms with Crippen molar-refractivity contribution >= 4 is 34.9 Å². The van der Waals surface area contributed by atoms with E-state index in [2.05, 4.69) is 4.98 Å². The molecule has 3 rings (SSSR count). The topological polar surface area (TPSA) is 42.4 Å². The molecule has 0 radical (unpaired) electrons. The van der Waals surface area contributed by atoms with E-state index in [-0.39, 0.29) is 17.1 Å². The third kappa shape index (κ3) is 4.61. The van der Waals surface area contributed by atoms with E-state index in [4.69, 9.17) is 27.9 Å². The Bertz CT molecular complexity index is 949. The second-order valence-corrected chi connectivity index (χ2v) is 6.82. The van der Waals surface area contributed by atoms with Crippen molar-refractivity contribution < 1.29 is 13.9 Å². The molecular weight excluding hydrogens is 402 g/mol. The lowest BCUT2D eigenvalue weighted by Crippen LogP contribution is -2.41. The highest BCUT2D eigenvalue weighted by Gasteiger charge is 2.26. The van der Waals surface area contributed by atoms with Crippen LogP contribution in [0.5, 0.6) is 5.75 Å². The molecule has 1 atom stereocenters. The summed E-state index contributed by atoms with van der Waals surface area (Å²) in [4.78, 5) is 18.7. The molecule has 0 bridgehead atoms. The summed E-state index contributed by atoms with van der Waals surface area (Å²) in [6, 6.07) is 16.4. The standard InChI is InChI=1S/C21H17Cl2FN2O2/c1-14(28-19-10-3-2-7-17(19)23)21(27)26(20-11-4-5-12-25-20)13-15-16(22)8-6-9-18(15)24/h2-12,14H,13H2,1H3. The van der Waals surface area contributed by atoms with E-state index in [9.17, 15) is 9.18 Å². The van der Waals surface area contributed by atoms with Crippen LogP contribution in [0.4, 0.5) is 10.2 Å². The molecule has 1 aromatic heterocycles. The van der Waals surface area contributed by atoms with Gasteiger partial charge >= 0.3 is 0 Å². The lowest BCUT2D eigenvalue weighted by atomic mass is 10.1. The van der Waals surface area contributed by atoms with Crippen molar-refractivity contribution in [3.63, 3.8) is 0 Å². The summed E-state index contributed by atoms with van der Waals surface area (Å²) in [5.41, 5.74) is 0.202. The quantitative estimate of drug-likeness (QED) is 0.528. The first kappa shape index (κ1) is 20.1. The van der Waals surface area contributed by atoms with Crippen molar-refractivity contribution in [1.29, 1.82) is 0 Å². The van der Waals surface area contributed by atoms with Crippen LogP contribution in [-0.4, -0.2) is 17.0 Å². The van der Waals surface area contributed by atoms with Crippen LogP contribution >= 0.6 is 23.2 Å². The molecule has 4 nitrogen and oxygen atoms in total. The maximum Gasteiger partial charge on any atom is 0.269 e. The average Bonchev–Trinajstić information content (AvgIpc) is 2.70. The highest BCUT2D eigenvalue weighted by atomic mass is 35.5. The zero-order chi connectivity index (χ0) is 20.1. The summed E-state index contributed by atoms with van der Waals surface area (Å²) in [5.74, 6) is -0.157. The summed E-state index contributed by atoms with van der Waals surface area (Å²) in [6.07, 6.45) is 0.672. The Morgan fingerprint density at radius 1 is 1.07 bits per heavy atom. The predicted molar refractivity (Wildman–Crippen MR) is 108 cm³/mol. The second-order valence-electron chi connectivity index (χ2n) is 6.00.